The van der Waals surface area contributed by atoms with E-state index in [4.69, 9.17) is 16.3 Å². The summed E-state index contributed by atoms with van der Waals surface area (Å²) in [5, 5.41) is 0.604. The minimum Gasteiger partial charge on any atom is -0.491 e. The lowest BCUT2D eigenvalue weighted by Crippen LogP contribution is -2.51. The summed E-state index contributed by atoms with van der Waals surface area (Å²) >= 11 is 6.48. The summed E-state index contributed by atoms with van der Waals surface area (Å²) in [7, 11) is -1.50. The summed E-state index contributed by atoms with van der Waals surface area (Å²) < 4.78 is 22.8. The summed E-state index contributed by atoms with van der Waals surface area (Å²) in [4.78, 5) is 21.3. The van der Waals surface area contributed by atoms with E-state index in [9.17, 15) is 9.00 Å². The SMILES string of the molecule is CCCc1cc(Cl)ccc1C1COc2ccc3cc2N(C1)CC1CCC1C(CN1CCN(C(C)C)CC1)/C=C/CC(C)C(C)S(=O)NC3=O. The zero-order valence-electron chi connectivity index (χ0n) is 30.2. The van der Waals surface area contributed by atoms with Gasteiger partial charge in [0.05, 0.1) is 17.5 Å². The van der Waals surface area contributed by atoms with Crippen LogP contribution in [0.3, 0.4) is 0 Å². The molecule has 49 heavy (non-hydrogen) atoms. The highest BCUT2D eigenvalue weighted by Crippen LogP contribution is 2.44. The van der Waals surface area contributed by atoms with Crippen molar-refractivity contribution in [2.24, 2.45) is 23.7 Å². The number of rotatable bonds is 6. The number of anilines is 1. The lowest BCUT2D eigenvalue weighted by Gasteiger charge is -2.46. The van der Waals surface area contributed by atoms with Crippen LogP contribution in [-0.4, -0.2) is 83.6 Å². The lowest BCUT2D eigenvalue weighted by atomic mass is 9.66. The van der Waals surface area contributed by atoms with Gasteiger partial charge in [-0.05, 0) is 112 Å². The molecule has 3 aliphatic heterocycles. The minimum absolute atomic E-state index is 0.162. The molecule has 4 aliphatic rings. The number of allylic oxidation sites excluding steroid dienone is 1. The van der Waals surface area contributed by atoms with Crippen LogP contribution in [0.25, 0.3) is 0 Å². The second-order valence-electron chi connectivity index (χ2n) is 15.4. The zero-order valence-corrected chi connectivity index (χ0v) is 31.8. The smallest absolute Gasteiger partial charge is 0.263 e. The van der Waals surface area contributed by atoms with E-state index in [1.165, 1.54) is 24.0 Å². The number of carbonyl (C=O) groups is 1. The van der Waals surface area contributed by atoms with Crippen LogP contribution in [0, 0.1) is 23.7 Å². The van der Waals surface area contributed by atoms with E-state index in [0.717, 1.165) is 81.5 Å². The van der Waals surface area contributed by atoms with Crippen molar-refractivity contribution >= 4 is 34.2 Å². The van der Waals surface area contributed by atoms with E-state index >= 15 is 0 Å². The number of carbonyl (C=O) groups excluding carboxylic acids is 1. The van der Waals surface area contributed by atoms with Gasteiger partial charge in [-0.2, -0.15) is 0 Å². The van der Waals surface area contributed by atoms with Gasteiger partial charge in [0.15, 0.2) is 0 Å². The van der Waals surface area contributed by atoms with Crippen molar-refractivity contribution in [3.05, 3.63) is 70.3 Å². The number of aryl methyl sites for hydroxylation is 1. The molecule has 1 saturated heterocycles. The minimum atomic E-state index is -1.50. The third kappa shape index (κ3) is 8.57. The Morgan fingerprint density at radius 2 is 1.84 bits per heavy atom. The normalized spacial score (nSPS) is 30.9. The molecule has 3 heterocycles. The molecule has 1 saturated carbocycles. The van der Waals surface area contributed by atoms with Crippen molar-refractivity contribution in [1.29, 1.82) is 0 Å². The lowest BCUT2D eigenvalue weighted by molar-refractivity contribution is 0.0652. The molecule has 0 radical (unpaired) electrons. The highest BCUT2D eigenvalue weighted by molar-refractivity contribution is 7.84. The molecule has 268 valence electrons. The summed E-state index contributed by atoms with van der Waals surface area (Å²) in [6, 6.07) is 12.6. The third-order valence-electron chi connectivity index (χ3n) is 11.8. The molecule has 2 aromatic rings. The van der Waals surface area contributed by atoms with Crippen LogP contribution in [0.4, 0.5) is 5.69 Å². The van der Waals surface area contributed by atoms with E-state index < -0.39 is 11.0 Å². The van der Waals surface area contributed by atoms with Gasteiger partial charge in [0, 0.05) is 68.4 Å². The summed E-state index contributed by atoms with van der Waals surface area (Å²) in [5.74, 6) is 2.47. The number of nitrogens with zero attached hydrogens (tertiary/aromatic N) is 3. The van der Waals surface area contributed by atoms with Crippen molar-refractivity contribution in [1.82, 2.24) is 14.5 Å². The van der Waals surface area contributed by atoms with Crippen LogP contribution in [0.2, 0.25) is 5.02 Å². The van der Waals surface area contributed by atoms with Crippen LogP contribution in [0.1, 0.15) is 87.7 Å². The molecule has 7 nitrogen and oxygen atoms in total. The van der Waals surface area contributed by atoms with E-state index in [1.54, 1.807) is 0 Å². The topological polar surface area (TPSA) is 65.1 Å². The van der Waals surface area contributed by atoms with Crippen molar-refractivity contribution < 1.29 is 13.7 Å². The van der Waals surface area contributed by atoms with Crippen LogP contribution in [-0.2, 0) is 17.4 Å². The van der Waals surface area contributed by atoms with Crippen LogP contribution in [0.15, 0.2) is 48.6 Å². The first-order valence-electron chi connectivity index (χ1n) is 18.8. The average Bonchev–Trinajstić information content (AvgIpc) is 3.25. The molecule has 2 aromatic carbocycles. The third-order valence-corrected chi connectivity index (χ3v) is 13.6. The Labute approximate surface area is 302 Å². The second kappa shape index (κ2) is 16.3. The van der Waals surface area contributed by atoms with Gasteiger partial charge in [-0.15, -0.1) is 0 Å². The highest BCUT2D eigenvalue weighted by atomic mass is 35.5. The Bertz CT molecular complexity index is 1510. The maximum atomic E-state index is 13.5. The maximum Gasteiger partial charge on any atom is 0.263 e. The van der Waals surface area contributed by atoms with Gasteiger partial charge in [-0.3, -0.25) is 14.4 Å². The number of halogens is 1. The predicted octanol–water partition coefficient (Wildman–Crippen LogP) is 7.32. The maximum absolute atomic E-state index is 13.5. The Morgan fingerprint density at radius 1 is 1.04 bits per heavy atom. The van der Waals surface area contributed by atoms with Gasteiger partial charge in [0.25, 0.3) is 5.91 Å². The van der Waals surface area contributed by atoms with Crippen molar-refractivity contribution in [2.45, 2.75) is 83.9 Å². The van der Waals surface area contributed by atoms with E-state index in [-0.39, 0.29) is 23.0 Å². The molecular formula is C40H57ClN4O3S. The molecule has 6 rings (SSSR count). The van der Waals surface area contributed by atoms with Gasteiger partial charge in [0.1, 0.15) is 16.7 Å². The molecule has 2 fully saturated rings. The number of benzene rings is 2. The van der Waals surface area contributed by atoms with E-state index in [0.29, 0.717) is 36.0 Å². The Hall–Kier alpha value is -2.39. The van der Waals surface area contributed by atoms with E-state index in [1.807, 2.05) is 31.2 Å². The molecule has 1 amide bonds. The summed E-state index contributed by atoms with van der Waals surface area (Å²) in [5.41, 5.74) is 4.07. The molecule has 0 spiro atoms. The van der Waals surface area contributed by atoms with Gasteiger partial charge in [-0.1, -0.05) is 50.1 Å². The van der Waals surface area contributed by atoms with Crippen molar-refractivity contribution in [3.63, 3.8) is 0 Å². The molecule has 9 heteroatoms. The number of hydrogen-bond donors (Lipinski definition) is 1. The largest absolute Gasteiger partial charge is 0.491 e. The number of piperazine rings is 1. The Kier molecular flexibility index (Phi) is 12.1. The Balaban J connectivity index is 1.33. The van der Waals surface area contributed by atoms with Gasteiger partial charge < -0.3 is 14.5 Å². The molecule has 2 bridgehead atoms. The van der Waals surface area contributed by atoms with Crippen molar-refractivity contribution in [2.75, 3.05) is 57.3 Å². The highest BCUT2D eigenvalue weighted by Gasteiger charge is 2.39. The molecule has 1 aliphatic carbocycles. The van der Waals surface area contributed by atoms with Gasteiger partial charge in [0.2, 0.25) is 0 Å². The monoisotopic (exact) mass is 708 g/mol. The fraction of sp³-hybridized carbons (Fsp3) is 0.625. The van der Waals surface area contributed by atoms with Crippen LogP contribution < -0.4 is 14.4 Å². The average molecular weight is 709 g/mol. The molecule has 7 unspecified atom stereocenters. The van der Waals surface area contributed by atoms with Crippen molar-refractivity contribution in [3.8, 4) is 5.75 Å². The number of nitrogens with one attached hydrogen (secondary N) is 1. The Morgan fingerprint density at radius 3 is 2.55 bits per heavy atom. The first kappa shape index (κ1) is 36.4. The predicted molar refractivity (Wildman–Crippen MR) is 203 cm³/mol. The van der Waals surface area contributed by atoms with E-state index in [2.05, 4.69) is 71.4 Å². The summed E-state index contributed by atoms with van der Waals surface area (Å²) in [6.45, 7) is 18.8. The fourth-order valence-corrected chi connectivity index (χ4v) is 9.55. The number of hydrogen-bond acceptors (Lipinski definition) is 6. The number of amides is 1. The molecule has 1 N–H and O–H groups in total. The summed E-state index contributed by atoms with van der Waals surface area (Å²) in [6.07, 6.45) is 10.2. The first-order valence-corrected chi connectivity index (χ1v) is 20.3. The quantitative estimate of drug-likeness (QED) is 0.318. The second-order valence-corrected chi connectivity index (χ2v) is 17.3. The molecular weight excluding hydrogens is 652 g/mol. The molecule has 0 aromatic heterocycles. The number of ether oxygens (including phenoxy) is 1. The fourth-order valence-electron chi connectivity index (χ4n) is 8.34. The number of fused-ring (bicyclic) bond motifs is 2. The van der Waals surface area contributed by atoms with Crippen LogP contribution >= 0.6 is 11.6 Å². The zero-order chi connectivity index (χ0) is 34.7. The van der Waals surface area contributed by atoms with Gasteiger partial charge >= 0.3 is 0 Å². The van der Waals surface area contributed by atoms with Crippen LogP contribution in [0.5, 0.6) is 5.75 Å². The van der Waals surface area contributed by atoms with Gasteiger partial charge in [-0.25, -0.2) is 4.21 Å². The molecule has 7 atom stereocenters. The standard InChI is InChI=1S/C40H57ClN4O3S/c1-6-8-30-21-35(41)13-15-36(30)34-25-45-24-33-11-14-37(33)32(23-43-17-19-44(20-18-43)27(2)3)10-7-9-28(4)29(5)49(47)42-40(46)31-12-16-39(48-26-34)38(45)22-31/h7,10,12-13,15-16,21-22,27-29,32-34,37H,6,8-9,11,14,17-20,23-26H2,1-5H3,(H,42,46)/b10-7+. The first-order chi connectivity index (χ1) is 23.6.